The first kappa shape index (κ1) is 20.3. The van der Waals surface area contributed by atoms with Crippen LogP contribution in [0.25, 0.3) is 0 Å². The maximum atomic E-state index is 11.9. The molecule has 6 nitrogen and oxygen atoms in total. The Morgan fingerprint density at radius 2 is 1.92 bits per heavy atom. The van der Waals surface area contributed by atoms with Crippen molar-refractivity contribution in [3.05, 3.63) is 34.9 Å². The standard InChI is InChI=1S/C16H21ClN2O4S/c1-23-16(22)13(8-10-24-2)19-14(20)7-9-18-15(21)11-3-5-12(17)6-4-11/h3-6,13H,7-10H2,1-2H3,(H,18,21)(H,19,20)/t13-/m1/s1. The summed E-state index contributed by atoms with van der Waals surface area (Å²) in [4.78, 5) is 35.4. The van der Waals surface area contributed by atoms with E-state index in [0.717, 1.165) is 5.75 Å². The predicted molar refractivity (Wildman–Crippen MR) is 95.3 cm³/mol. The lowest BCUT2D eigenvalue weighted by Gasteiger charge is -2.16. The third-order valence-corrected chi connectivity index (χ3v) is 4.07. The lowest BCUT2D eigenvalue weighted by molar-refractivity contribution is -0.145. The van der Waals surface area contributed by atoms with Crippen LogP contribution < -0.4 is 10.6 Å². The molecule has 132 valence electrons. The molecule has 0 radical (unpaired) electrons. The van der Waals surface area contributed by atoms with Crippen LogP contribution >= 0.6 is 23.4 Å². The minimum atomic E-state index is -0.665. The molecule has 1 atom stereocenters. The summed E-state index contributed by atoms with van der Waals surface area (Å²) in [6.45, 7) is 0.170. The van der Waals surface area contributed by atoms with E-state index in [-0.39, 0.29) is 24.8 Å². The van der Waals surface area contributed by atoms with Gasteiger partial charge in [-0.1, -0.05) is 11.6 Å². The van der Waals surface area contributed by atoms with Crippen molar-refractivity contribution in [3.63, 3.8) is 0 Å². The summed E-state index contributed by atoms with van der Waals surface area (Å²) >= 11 is 7.34. The van der Waals surface area contributed by atoms with Crippen molar-refractivity contribution in [1.82, 2.24) is 10.6 Å². The van der Waals surface area contributed by atoms with Crippen molar-refractivity contribution >= 4 is 41.1 Å². The van der Waals surface area contributed by atoms with Crippen molar-refractivity contribution < 1.29 is 19.1 Å². The van der Waals surface area contributed by atoms with Gasteiger partial charge in [0.25, 0.3) is 5.91 Å². The van der Waals surface area contributed by atoms with Crippen LogP contribution in [0.2, 0.25) is 5.02 Å². The Hall–Kier alpha value is -1.73. The highest BCUT2D eigenvalue weighted by Crippen LogP contribution is 2.09. The van der Waals surface area contributed by atoms with Crippen molar-refractivity contribution in [3.8, 4) is 0 Å². The molecule has 2 amide bonds. The van der Waals surface area contributed by atoms with Gasteiger partial charge in [0.05, 0.1) is 7.11 Å². The smallest absolute Gasteiger partial charge is 0.328 e. The van der Waals surface area contributed by atoms with Gasteiger partial charge in [0, 0.05) is 23.6 Å². The SMILES string of the molecule is COC(=O)[C@@H](CCSC)NC(=O)CCNC(=O)c1ccc(Cl)cc1. The molecule has 2 N–H and O–H groups in total. The number of benzene rings is 1. The number of hydrogen-bond acceptors (Lipinski definition) is 5. The summed E-state index contributed by atoms with van der Waals surface area (Å²) in [6.07, 6.45) is 2.49. The Kier molecular flexibility index (Phi) is 9.26. The van der Waals surface area contributed by atoms with Crippen molar-refractivity contribution in [2.75, 3.05) is 25.7 Å². The highest BCUT2D eigenvalue weighted by Gasteiger charge is 2.20. The van der Waals surface area contributed by atoms with E-state index in [9.17, 15) is 14.4 Å². The summed E-state index contributed by atoms with van der Waals surface area (Å²) in [5.41, 5.74) is 0.465. The summed E-state index contributed by atoms with van der Waals surface area (Å²) in [6, 6.07) is 5.79. The number of carbonyl (C=O) groups is 3. The van der Waals surface area contributed by atoms with Gasteiger partial charge < -0.3 is 15.4 Å². The molecule has 8 heteroatoms. The number of rotatable bonds is 9. The average Bonchev–Trinajstić information content (AvgIpc) is 2.58. The minimum absolute atomic E-state index is 0.0755. The number of esters is 1. The summed E-state index contributed by atoms with van der Waals surface area (Å²) in [5.74, 6) is -0.343. The highest BCUT2D eigenvalue weighted by atomic mass is 35.5. The molecule has 0 spiro atoms. The normalized spacial score (nSPS) is 11.5. The molecule has 0 fully saturated rings. The Labute approximate surface area is 150 Å². The summed E-state index contributed by atoms with van der Waals surface area (Å²) in [5, 5.41) is 5.82. The molecule has 0 aliphatic rings. The highest BCUT2D eigenvalue weighted by molar-refractivity contribution is 7.98. The topological polar surface area (TPSA) is 84.5 Å². The molecule has 0 saturated heterocycles. The largest absolute Gasteiger partial charge is 0.467 e. The van der Waals surface area contributed by atoms with Crippen LogP contribution in [0.5, 0.6) is 0 Å². The number of carbonyl (C=O) groups excluding carboxylic acids is 3. The molecule has 0 heterocycles. The van der Waals surface area contributed by atoms with Crippen molar-refractivity contribution in [2.45, 2.75) is 18.9 Å². The van der Waals surface area contributed by atoms with E-state index >= 15 is 0 Å². The van der Waals surface area contributed by atoms with Crippen LogP contribution in [0.3, 0.4) is 0 Å². The Balaban J connectivity index is 2.39. The van der Waals surface area contributed by atoms with Gasteiger partial charge in [-0.25, -0.2) is 4.79 Å². The molecule has 1 rings (SSSR count). The van der Waals surface area contributed by atoms with Crippen molar-refractivity contribution in [1.29, 1.82) is 0 Å². The molecule has 0 bridgehead atoms. The average molecular weight is 373 g/mol. The third kappa shape index (κ3) is 7.23. The number of ether oxygens (including phenoxy) is 1. The lowest BCUT2D eigenvalue weighted by Crippen LogP contribution is -2.43. The molecule has 1 aromatic carbocycles. The monoisotopic (exact) mass is 372 g/mol. The quantitative estimate of drug-likeness (QED) is 0.646. The van der Waals surface area contributed by atoms with E-state index in [1.165, 1.54) is 7.11 Å². The van der Waals surface area contributed by atoms with E-state index in [4.69, 9.17) is 11.6 Å². The van der Waals surface area contributed by atoms with Crippen LogP contribution in [-0.2, 0) is 14.3 Å². The van der Waals surface area contributed by atoms with Gasteiger partial charge in [-0.3, -0.25) is 9.59 Å². The van der Waals surface area contributed by atoms with Gasteiger partial charge in [-0.05, 0) is 42.7 Å². The molecule has 0 aliphatic heterocycles. The zero-order chi connectivity index (χ0) is 17.9. The fourth-order valence-electron chi connectivity index (χ4n) is 1.89. The second-order valence-electron chi connectivity index (χ2n) is 4.94. The van der Waals surface area contributed by atoms with Gasteiger partial charge in [0.2, 0.25) is 5.91 Å². The summed E-state index contributed by atoms with van der Waals surface area (Å²) in [7, 11) is 1.28. The van der Waals surface area contributed by atoms with Crippen LogP contribution in [0, 0.1) is 0 Å². The molecule has 24 heavy (non-hydrogen) atoms. The van der Waals surface area contributed by atoms with E-state index in [1.807, 2.05) is 6.26 Å². The maximum Gasteiger partial charge on any atom is 0.328 e. The number of halogens is 1. The molecule has 1 aromatic rings. The van der Waals surface area contributed by atoms with Crippen molar-refractivity contribution in [2.24, 2.45) is 0 Å². The van der Waals surface area contributed by atoms with Gasteiger partial charge in [0.1, 0.15) is 6.04 Å². The number of amides is 2. The zero-order valence-corrected chi connectivity index (χ0v) is 15.2. The van der Waals surface area contributed by atoms with E-state index in [1.54, 1.807) is 36.0 Å². The Morgan fingerprint density at radius 1 is 1.25 bits per heavy atom. The van der Waals surface area contributed by atoms with Gasteiger partial charge in [-0.15, -0.1) is 0 Å². The molecular weight excluding hydrogens is 352 g/mol. The number of methoxy groups -OCH3 is 1. The number of hydrogen-bond donors (Lipinski definition) is 2. The van der Waals surface area contributed by atoms with E-state index in [0.29, 0.717) is 17.0 Å². The zero-order valence-electron chi connectivity index (χ0n) is 13.6. The molecular formula is C16H21ClN2O4S. The number of thioether (sulfide) groups is 1. The van der Waals surface area contributed by atoms with Crippen LogP contribution in [0.1, 0.15) is 23.2 Å². The Bertz CT molecular complexity index is 566. The van der Waals surface area contributed by atoms with E-state index in [2.05, 4.69) is 15.4 Å². The van der Waals surface area contributed by atoms with Gasteiger partial charge in [-0.2, -0.15) is 11.8 Å². The van der Waals surface area contributed by atoms with Crippen LogP contribution in [0.4, 0.5) is 0 Å². The minimum Gasteiger partial charge on any atom is -0.467 e. The summed E-state index contributed by atoms with van der Waals surface area (Å²) < 4.78 is 4.68. The second kappa shape index (κ2) is 10.9. The number of nitrogens with one attached hydrogen (secondary N) is 2. The lowest BCUT2D eigenvalue weighted by atomic mass is 10.2. The molecule has 0 unspecified atom stereocenters. The molecule has 0 saturated carbocycles. The fourth-order valence-corrected chi connectivity index (χ4v) is 2.48. The fraction of sp³-hybridized carbons (Fsp3) is 0.438. The van der Waals surface area contributed by atoms with Gasteiger partial charge in [0.15, 0.2) is 0 Å². The second-order valence-corrected chi connectivity index (χ2v) is 6.36. The molecule has 0 aromatic heterocycles. The third-order valence-electron chi connectivity index (χ3n) is 3.18. The Morgan fingerprint density at radius 3 is 2.50 bits per heavy atom. The maximum absolute atomic E-state index is 11.9. The van der Waals surface area contributed by atoms with Crippen LogP contribution in [0.15, 0.2) is 24.3 Å². The molecule has 0 aliphatic carbocycles. The first-order valence-electron chi connectivity index (χ1n) is 7.37. The van der Waals surface area contributed by atoms with E-state index < -0.39 is 12.0 Å². The first-order valence-corrected chi connectivity index (χ1v) is 9.15. The van der Waals surface area contributed by atoms with Crippen LogP contribution in [-0.4, -0.2) is 49.5 Å². The van der Waals surface area contributed by atoms with Gasteiger partial charge >= 0.3 is 5.97 Å². The predicted octanol–water partition coefficient (Wildman–Crippen LogP) is 1.87. The first-order chi connectivity index (χ1) is 11.5.